The van der Waals surface area contributed by atoms with E-state index in [9.17, 15) is 18.3 Å². The maximum Gasteiger partial charge on any atom is 0.241 e. The van der Waals surface area contributed by atoms with E-state index in [1.165, 1.54) is 24.3 Å². The average Bonchev–Trinajstić information content (AvgIpc) is 2.46. The lowest BCUT2D eigenvalue weighted by atomic mass is 10.1. The van der Waals surface area contributed by atoms with Crippen molar-refractivity contribution in [1.29, 1.82) is 0 Å². The summed E-state index contributed by atoms with van der Waals surface area (Å²) in [5.74, 6) is -1.50. The minimum Gasteiger partial charge on any atom is -0.548 e. The maximum atomic E-state index is 12.1. The van der Waals surface area contributed by atoms with E-state index in [0.29, 0.717) is 5.56 Å². The quantitative estimate of drug-likeness (QED) is 0.866. The van der Waals surface area contributed by atoms with Crippen molar-refractivity contribution in [2.45, 2.75) is 10.9 Å². The predicted molar refractivity (Wildman–Crippen MR) is 71.0 cm³/mol. The largest absolute Gasteiger partial charge is 0.548 e. The second kappa shape index (κ2) is 5.85. The number of hydrogen-bond donors (Lipinski definition) is 1. The number of rotatable bonds is 5. The van der Waals surface area contributed by atoms with Crippen molar-refractivity contribution in [2.24, 2.45) is 0 Å². The normalized spacial score (nSPS) is 12.8. The van der Waals surface area contributed by atoms with Crippen molar-refractivity contribution >= 4 is 16.0 Å². The minimum atomic E-state index is -3.92. The molecule has 104 valence electrons. The highest BCUT2D eigenvalue weighted by atomic mass is 32.2. The summed E-state index contributed by atoms with van der Waals surface area (Å²) >= 11 is 0. The van der Waals surface area contributed by atoms with Gasteiger partial charge in [0.15, 0.2) is 0 Å². The Balaban J connectivity index is 2.33. The van der Waals surface area contributed by atoms with Gasteiger partial charge < -0.3 is 9.90 Å². The second-order valence-electron chi connectivity index (χ2n) is 4.10. The second-order valence-corrected chi connectivity index (χ2v) is 5.81. The van der Waals surface area contributed by atoms with Crippen LogP contribution in [0.25, 0.3) is 0 Å². The summed E-state index contributed by atoms with van der Waals surface area (Å²) in [6, 6.07) is 14.1. The van der Waals surface area contributed by atoms with Crippen LogP contribution in [0.3, 0.4) is 0 Å². The number of nitrogens with one attached hydrogen (secondary N) is 1. The van der Waals surface area contributed by atoms with Crippen molar-refractivity contribution in [3.05, 3.63) is 66.2 Å². The van der Waals surface area contributed by atoms with Crippen LogP contribution in [0.4, 0.5) is 0 Å². The van der Waals surface area contributed by atoms with Crippen molar-refractivity contribution in [1.82, 2.24) is 4.72 Å². The molecule has 6 heteroatoms. The first-order valence-electron chi connectivity index (χ1n) is 5.84. The molecule has 0 aliphatic carbocycles. The van der Waals surface area contributed by atoms with E-state index in [0.717, 1.165) is 0 Å². The predicted octanol–water partition coefficient (Wildman–Crippen LogP) is 0.456. The number of carboxylic acid groups (broad SMARTS) is 1. The van der Waals surface area contributed by atoms with Gasteiger partial charge in [-0.05, 0) is 17.7 Å². The van der Waals surface area contributed by atoms with Gasteiger partial charge in [0.25, 0.3) is 0 Å². The number of hydrogen-bond acceptors (Lipinski definition) is 4. The number of aliphatic carboxylic acids is 1. The number of carboxylic acids is 1. The topological polar surface area (TPSA) is 86.3 Å². The summed E-state index contributed by atoms with van der Waals surface area (Å²) in [5.41, 5.74) is 0.312. The maximum absolute atomic E-state index is 12.1. The number of sulfonamides is 1. The van der Waals surface area contributed by atoms with Crippen LogP contribution < -0.4 is 9.83 Å². The molecule has 2 aromatic rings. The van der Waals surface area contributed by atoms with E-state index in [2.05, 4.69) is 4.72 Å². The van der Waals surface area contributed by atoms with Crippen LogP contribution >= 0.6 is 0 Å². The van der Waals surface area contributed by atoms with Gasteiger partial charge in [0.05, 0.1) is 16.9 Å². The SMILES string of the molecule is O=C([O-])C(NS(=O)(=O)c1ccccc1)c1ccccc1. The molecule has 0 aliphatic heterocycles. The van der Waals surface area contributed by atoms with Gasteiger partial charge in [-0.25, -0.2) is 8.42 Å². The molecule has 1 N–H and O–H groups in total. The fraction of sp³-hybridized carbons (Fsp3) is 0.0714. The molecule has 1 atom stereocenters. The van der Waals surface area contributed by atoms with E-state index in [4.69, 9.17) is 0 Å². The zero-order chi connectivity index (χ0) is 14.6. The van der Waals surface area contributed by atoms with Crippen molar-refractivity contribution in [2.75, 3.05) is 0 Å². The summed E-state index contributed by atoms with van der Waals surface area (Å²) < 4.78 is 26.4. The Morgan fingerprint density at radius 2 is 1.45 bits per heavy atom. The van der Waals surface area contributed by atoms with Crippen LogP contribution in [0, 0.1) is 0 Å². The molecule has 0 spiro atoms. The molecule has 0 bridgehead atoms. The van der Waals surface area contributed by atoms with Crippen LogP contribution in [0.15, 0.2) is 65.6 Å². The van der Waals surface area contributed by atoms with Gasteiger partial charge in [0.1, 0.15) is 0 Å². The van der Waals surface area contributed by atoms with Gasteiger partial charge in [-0.1, -0.05) is 48.5 Å². The summed E-state index contributed by atoms with van der Waals surface area (Å²) in [5, 5.41) is 11.2. The molecule has 0 radical (unpaired) electrons. The summed E-state index contributed by atoms with van der Waals surface area (Å²) in [6.07, 6.45) is 0. The number of carbonyl (C=O) groups excluding carboxylic acids is 1. The number of benzene rings is 2. The van der Waals surface area contributed by atoms with Gasteiger partial charge in [-0.15, -0.1) is 0 Å². The molecule has 5 nitrogen and oxygen atoms in total. The van der Waals surface area contributed by atoms with Gasteiger partial charge in [0, 0.05) is 0 Å². The number of carbonyl (C=O) groups is 1. The van der Waals surface area contributed by atoms with Crippen LogP contribution in [0.2, 0.25) is 0 Å². The van der Waals surface area contributed by atoms with Crippen LogP contribution in [0.5, 0.6) is 0 Å². The van der Waals surface area contributed by atoms with Crippen LogP contribution in [-0.4, -0.2) is 14.4 Å². The highest BCUT2D eigenvalue weighted by Crippen LogP contribution is 2.16. The standard InChI is InChI=1S/C14H13NO4S/c16-14(17)13(11-7-3-1-4-8-11)15-20(18,19)12-9-5-2-6-10-12/h1-10,13,15H,(H,16,17)/p-1. The van der Waals surface area contributed by atoms with E-state index < -0.39 is 22.0 Å². The smallest absolute Gasteiger partial charge is 0.241 e. The van der Waals surface area contributed by atoms with Crippen molar-refractivity contribution in [3.8, 4) is 0 Å². The van der Waals surface area contributed by atoms with Gasteiger partial charge in [-0.2, -0.15) is 4.72 Å². The Morgan fingerprint density at radius 3 is 1.95 bits per heavy atom. The molecule has 0 saturated heterocycles. The van der Waals surface area contributed by atoms with Gasteiger partial charge in [-0.3, -0.25) is 0 Å². The average molecular weight is 290 g/mol. The molecule has 0 aromatic heterocycles. The highest BCUT2D eigenvalue weighted by Gasteiger charge is 2.21. The first kappa shape index (κ1) is 14.2. The van der Waals surface area contributed by atoms with Crippen molar-refractivity contribution in [3.63, 3.8) is 0 Å². The monoisotopic (exact) mass is 290 g/mol. The third-order valence-corrected chi connectivity index (χ3v) is 4.13. The molecule has 0 amide bonds. The fourth-order valence-electron chi connectivity index (χ4n) is 1.72. The molecule has 2 aromatic carbocycles. The molecule has 0 heterocycles. The lowest BCUT2D eigenvalue weighted by Crippen LogP contribution is -2.41. The molecule has 0 saturated carbocycles. The van der Waals surface area contributed by atoms with Crippen LogP contribution in [0.1, 0.15) is 11.6 Å². The van der Waals surface area contributed by atoms with Crippen molar-refractivity contribution < 1.29 is 18.3 Å². The molecule has 1 unspecified atom stereocenters. The van der Waals surface area contributed by atoms with Crippen LogP contribution in [-0.2, 0) is 14.8 Å². The lowest BCUT2D eigenvalue weighted by molar-refractivity contribution is -0.308. The third kappa shape index (κ3) is 3.23. The zero-order valence-corrected chi connectivity index (χ0v) is 11.2. The summed E-state index contributed by atoms with van der Waals surface area (Å²) in [4.78, 5) is 11.2. The minimum absolute atomic E-state index is 0.00202. The highest BCUT2D eigenvalue weighted by molar-refractivity contribution is 7.89. The Hall–Kier alpha value is -2.18. The summed E-state index contributed by atoms with van der Waals surface area (Å²) in [6.45, 7) is 0. The Morgan fingerprint density at radius 1 is 0.950 bits per heavy atom. The molecule has 2 rings (SSSR count). The molecular formula is C14H12NO4S-. The fourth-order valence-corrected chi connectivity index (χ4v) is 2.91. The molecular weight excluding hydrogens is 278 g/mol. The zero-order valence-electron chi connectivity index (χ0n) is 10.4. The van der Waals surface area contributed by atoms with E-state index in [1.807, 2.05) is 0 Å². The van der Waals surface area contributed by atoms with E-state index in [-0.39, 0.29) is 4.90 Å². The molecule has 0 fully saturated rings. The van der Waals surface area contributed by atoms with E-state index >= 15 is 0 Å². The Bertz CT molecular complexity index is 684. The third-order valence-electron chi connectivity index (χ3n) is 2.70. The lowest BCUT2D eigenvalue weighted by Gasteiger charge is -2.20. The summed E-state index contributed by atoms with van der Waals surface area (Å²) in [7, 11) is -3.92. The first-order valence-corrected chi connectivity index (χ1v) is 7.32. The Labute approximate surface area is 116 Å². The van der Waals surface area contributed by atoms with Gasteiger partial charge >= 0.3 is 0 Å². The molecule has 20 heavy (non-hydrogen) atoms. The Kier molecular flexibility index (Phi) is 4.16. The molecule has 0 aliphatic rings. The van der Waals surface area contributed by atoms with Gasteiger partial charge in [0.2, 0.25) is 10.0 Å². The van der Waals surface area contributed by atoms with E-state index in [1.54, 1.807) is 36.4 Å². The first-order chi connectivity index (χ1) is 9.50.